The van der Waals surface area contributed by atoms with Gasteiger partial charge >= 0.3 is 0 Å². The van der Waals surface area contributed by atoms with Crippen LogP contribution in [-0.2, 0) is 17.8 Å². The van der Waals surface area contributed by atoms with Gasteiger partial charge in [0.15, 0.2) is 0 Å². The van der Waals surface area contributed by atoms with E-state index in [1.165, 1.54) is 11.1 Å². The number of anilines is 1. The van der Waals surface area contributed by atoms with Gasteiger partial charge in [-0.1, -0.05) is 48.0 Å². The highest BCUT2D eigenvalue weighted by atomic mass is 35.5. The van der Waals surface area contributed by atoms with Crippen molar-refractivity contribution >= 4 is 29.1 Å². The van der Waals surface area contributed by atoms with Gasteiger partial charge in [-0.25, -0.2) is 0 Å². The van der Waals surface area contributed by atoms with Crippen LogP contribution >= 0.6 is 11.6 Å². The molecule has 1 fully saturated rings. The summed E-state index contributed by atoms with van der Waals surface area (Å²) in [6, 6.07) is 23.5. The molecule has 3 aromatic rings. The predicted molar refractivity (Wildman–Crippen MR) is 144 cm³/mol. The van der Waals surface area contributed by atoms with Crippen molar-refractivity contribution in [1.82, 2.24) is 10.2 Å². The molecule has 2 aliphatic rings. The SMILES string of the molecule is O=C(Nc1cccc(CN2CCC(C(=O)NC3CCCc4ccccc43)CC2)c1)c1ccc(Cl)cc1. The maximum Gasteiger partial charge on any atom is 0.255 e. The van der Waals surface area contributed by atoms with E-state index in [1.807, 2.05) is 18.2 Å². The molecule has 0 spiro atoms. The zero-order valence-electron chi connectivity index (χ0n) is 20.4. The molecule has 1 aliphatic heterocycles. The molecule has 186 valence electrons. The Morgan fingerprint density at radius 3 is 2.50 bits per heavy atom. The zero-order valence-corrected chi connectivity index (χ0v) is 21.1. The van der Waals surface area contributed by atoms with Crippen molar-refractivity contribution in [2.45, 2.75) is 44.7 Å². The lowest BCUT2D eigenvalue weighted by molar-refractivity contribution is -0.127. The molecule has 1 saturated heterocycles. The van der Waals surface area contributed by atoms with Crippen LogP contribution in [0.2, 0.25) is 5.02 Å². The van der Waals surface area contributed by atoms with Gasteiger partial charge in [-0.15, -0.1) is 0 Å². The summed E-state index contributed by atoms with van der Waals surface area (Å²) in [6.07, 6.45) is 4.99. The third-order valence-electron chi connectivity index (χ3n) is 7.34. The number of benzene rings is 3. The quantitative estimate of drug-likeness (QED) is 0.435. The Morgan fingerprint density at radius 1 is 0.917 bits per heavy atom. The van der Waals surface area contributed by atoms with Gasteiger partial charge in [0.05, 0.1) is 6.04 Å². The highest BCUT2D eigenvalue weighted by molar-refractivity contribution is 6.30. The van der Waals surface area contributed by atoms with Crippen LogP contribution < -0.4 is 10.6 Å². The first-order valence-electron chi connectivity index (χ1n) is 12.8. The monoisotopic (exact) mass is 501 g/mol. The molecule has 6 heteroatoms. The zero-order chi connectivity index (χ0) is 24.9. The predicted octanol–water partition coefficient (Wildman–Crippen LogP) is 6.00. The number of amides is 2. The van der Waals surface area contributed by atoms with Crippen LogP contribution in [0.3, 0.4) is 0 Å². The minimum atomic E-state index is -0.156. The summed E-state index contributed by atoms with van der Waals surface area (Å²) in [7, 11) is 0. The fourth-order valence-corrected chi connectivity index (χ4v) is 5.48. The summed E-state index contributed by atoms with van der Waals surface area (Å²) in [4.78, 5) is 28.0. The molecule has 1 atom stereocenters. The van der Waals surface area contributed by atoms with Crippen molar-refractivity contribution in [3.8, 4) is 0 Å². The molecule has 1 heterocycles. The lowest BCUT2D eigenvalue weighted by Crippen LogP contribution is -2.41. The standard InChI is InChI=1S/C30H32ClN3O2/c31-25-13-11-23(12-14-25)29(35)32-26-8-3-5-21(19-26)20-34-17-15-24(16-18-34)30(36)33-28-10-4-7-22-6-1-2-9-27(22)28/h1-3,5-6,8-9,11-14,19,24,28H,4,7,10,15-18,20H2,(H,32,35)(H,33,36). The number of nitrogens with one attached hydrogen (secondary N) is 2. The summed E-state index contributed by atoms with van der Waals surface area (Å²) >= 11 is 5.92. The summed E-state index contributed by atoms with van der Waals surface area (Å²) in [5.74, 6) is 0.111. The van der Waals surface area contributed by atoms with Crippen molar-refractivity contribution in [1.29, 1.82) is 0 Å². The third-order valence-corrected chi connectivity index (χ3v) is 7.59. The number of hydrogen-bond donors (Lipinski definition) is 2. The van der Waals surface area contributed by atoms with Crippen LogP contribution in [0.5, 0.6) is 0 Å². The molecule has 0 bridgehead atoms. The maximum atomic E-state index is 13.0. The first-order chi connectivity index (χ1) is 17.5. The Balaban J connectivity index is 1.12. The number of carbonyl (C=O) groups excluding carboxylic acids is 2. The molecular formula is C30H32ClN3O2. The molecule has 36 heavy (non-hydrogen) atoms. The van der Waals surface area contributed by atoms with Gasteiger partial charge in [-0.3, -0.25) is 14.5 Å². The third kappa shape index (κ3) is 5.97. The molecule has 1 aliphatic carbocycles. The minimum absolute atomic E-state index is 0.0698. The van der Waals surface area contributed by atoms with E-state index in [0.29, 0.717) is 10.6 Å². The van der Waals surface area contributed by atoms with Gasteiger partial charge < -0.3 is 10.6 Å². The molecular weight excluding hydrogens is 470 g/mol. The molecule has 2 amide bonds. The smallest absolute Gasteiger partial charge is 0.255 e. The van der Waals surface area contributed by atoms with Crippen molar-refractivity contribution < 1.29 is 9.59 Å². The Kier molecular flexibility index (Phi) is 7.69. The number of likely N-dealkylation sites (tertiary alicyclic amines) is 1. The van der Waals surface area contributed by atoms with Crippen LogP contribution in [0.4, 0.5) is 5.69 Å². The second kappa shape index (κ2) is 11.3. The number of halogens is 1. The van der Waals surface area contributed by atoms with E-state index in [1.54, 1.807) is 24.3 Å². The van der Waals surface area contributed by atoms with Gasteiger partial charge in [0.1, 0.15) is 0 Å². The Bertz CT molecular complexity index is 1220. The van der Waals surface area contributed by atoms with Gasteiger partial charge in [-0.05, 0) is 98.3 Å². The van der Waals surface area contributed by atoms with Crippen molar-refractivity contribution in [3.05, 3.63) is 100 Å². The fraction of sp³-hybridized carbons (Fsp3) is 0.333. The summed E-state index contributed by atoms with van der Waals surface area (Å²) < 4.78 is 0. The number of hydrogen-bond acceptors (Lipinski definition) is 3. The van der Waals surface area contributed by atoms with Crippen LogP contribution in [0.25, 0.3) is 0 Å². The average Bonchev–Trinajstić information content (AvgIpc) is 2.90. The Labute approximate surface area is 217 Å². The number of carbonyl (C=O) groups is 2. The molecule has 0 saturated carbocycles. The van der Waals surface area contributed by atoms with E-state index in [-0.39, 0.29) is 23.8 Å². The van der Waals surface area contributed by atoms with E-state index >= 15 is 0 Å². The van der Waals surface area contributed by atoms with Gasteiger partial charge in [-0.2, -0.15) is 0 Å². The molecule has 3 aromatic carbocycles. The van der Waals surface area contributed by atoms with E-state index in [9.17, 15) is 9.59 Å². The van der Waals surface area contributed by atoms with E-state index in [0.717, 1.165) is 63.0 Å². The molecule has 0 aromatic heterocycles. The summed E-state index contributed by atoms with van der Waals surface area (Å²) in [5, 5.41) is 6.92. The highest BCUT2D eigenvalue weighted by Crippen LogP contribution is 2.30. The fourth-order valence-electron chi connectivity index (χ4n) is 5.36. The number of aryl methyl sites for hydroxylation is 1. The second-order valence-electron chi connectivity index (χ2n) is 9.86. The largest absolute Gasteiger partial charge is 0.349 e. The van der Waals surface area contributed by atoms with Crippen molar-refractivity contribution in [3.63, 3.8) is 0 Å². The van der Waals surface area contributed by atoms with Gasteiger partial charge in [0.25, 0.3) is 5.91 Å². The summed E-state index contributed by atoms with van der Waals surface area (Å²) in [6.45, 7) is 2.58. The van der Waals surface area contributed by atoms with Crippen LogP contribution in [0, 0.1) is 5.92 Å². The van der Waals surface area contributed by atoms with Crippen molar-refractivity contribution in [2.24, 2.45) is 5.92 Å². The first-order valence-corrected chi connectivity index (χ1v) is 13.2. The minimum Gasteiger partial charge on any atom is -0.349 e. The maximum absolute atomic E-state index is 13.0. The second-order valence-corrected chi connectivity index (χ2v) is 10.3. The molecule has 1 unspecified atom stereocenters. The lowest BCUT2D eigenvalue weighted by Gasteiger charge is -2.33. The van der Waals surface area contributed by atoms with Gasteiger partial charge in [0.2, 0.25) is 5.91 Å². The average molecular weight is 502 g/mol. The number of piperidine rings is 1. The Hall–Kier alpha value is -3.15. The molecule has 5 rings (SSSR count). The Morgan fingerprint density at radius 2 is 1.69 bits per heavy atom. The van der Waals surface area contributed by atoms with E-state index < -0.39 is 0 Å². The number of rotatable bonds is 6. The van der Waals surface area contributed by atoms with E-state index in [2.05, 4.69) is 45.9 Å². The van der Waals surface area contributed by atoms with Crippen LogP contribution in [0.15, 0.2) is 72.8 Å². The first kappa shape index (κ1) is 24.5. The van der Waals surface area contributed by atoms with Crippen LogP contribution in [-0.4, -0.2) is 29.8 Å². The molecule has 0 radical (unpaired) electrons. The van der Waals surface area contributed by atoms with Crippen LogP contribution in [0.1, 0.15) is 58.8 Å². The normalized spacial score (nSPS) is 18.3. The number of nitrogens with zero attached hydrogens (tertiary/aromatic N) is 1. The summed E-state index contributed by atoms with van der Waals surface area (Å²) in [5.41, 5.74) is 5.15. The lowest BCUT2D eigenvalue weighted by atomic mass is 9.87. The van der Waals surface area contributed by atoms with Gasteiger partial charge in [0, 0.05) is 28.7 Å². The number of fused-ring (bicyclic) bond motifs is 1. The van der Waals surface area contributed by atoms with E-state index in [4.69, 9.17) is 11.6 Å². The highest BCUT2D eigenvalue weighted by Gasteiger charge is 2.28. The molecule has 2 N–H and O–H groups in total. The molecule has 5 nitrogen and oxygen atoms in total. The topological polar surface area (TPSA) is 61.4 Å². The van der Waals surface area contributed by atoms with Crippen molar-refractivity contribution in [2.75, 3.05) is 18.4 Å².